The van der Waals surface area contributed by atoms with E-state index in [1.54, 1.807) is 7.11 Å². The van der Waals surface area contributed by atoms with Crippen LogP contribution in [0, 0.1) is 0 Å². The Hall–Kier alpha value is -2.48. The lowest BCUT2D eigenvalue weighted by molar-refractivity contribution is 0.122. The van der Waals surface area contributed by atoms with E-state index in [0.717, 1.165) is 24.2 Å². The molecule has 0 atom stereocenters. The summed E-state index contributed by atoms with van der Waals surface area (Å²) in [5.41, 5.74) is 3.51. The SMILES string of the molecule is COC1=C(Cc2ccccc2)CC=C(c2ccccc2)O1. The Morgan fingerprint density at radius 3 is 2.29 bits per heavy atom. The summed E-state index contributed by atoms with van der Waals surface area (Å²) in [5.74, 6) is 1.49. The fraction of sp³-hybridized carbons (Fsp3) is 0.158. The highest BCUT2D eigenvalue weighted by Crippen LogP contribution is 2.30. The smallest absolute Gasteiger partial charge is 0.284 e. The minimum Gasteiger partial charge on any atom is -0.468 e. The molecule has 2 heteroatoms. The molecule has 0 spiro atoms. The molecule has 2 aromatic carbocycles. The highest BCUT2D eigenvalue weighted by Gasteiger charge is 2.18. The second kappa shape index (κ2) is 6.31. The van der Waals surface area contributed by atoms with Gasteiger partial charge < -0.3 is 9.47 Å². The normalized spacial score (nSPS) is 14.4. The van der Waals surface area contributed by atoms with Crippen molar-refractivity contribution >= 4 is 5.76 Å². The molecule has 0 bridgehead atoms. The zero-order valence-electron chi connectivity index (χ0n) is 12.1. The maximum Gasteiger partial charge on any atom is 0.284 e. The van der Waals surface area contributed by atoms with Gasteiger partial charge in [0, 0.05) is 17.6 Å². The van der Waals surface area contributed by atoms with Gasteiger partial charge in [-0.1, -0.05) is 60.7 Å². The lowest BCUT2D eigenvalue weighted by Gasteiger charge is -2.20. The Kier molecular flexibility index (Phi) is 4.06. The quantitative estimate of drug-likeness (QED) is 0.817. The third kappa shape index (κ3) is 3.16. The van der Waals surface area contributed by atoms with Crippen molar-refractivity contribution in [3.8, 4) is 0 Å². The van der Waals surface area contributed by atoms with Crippen molar-refractivity contribution in [3.63, 3.8) is 0 Å². The summed E-state index contributed by atoms with van der Waals surface area (Å²) in [7, 11) is 1.66. The molecule has 0 radical (unpaired) electrons. The first-order chi connectivity index (χ1) is 10.4. The van der Waals surface area contributed by atoms with Crippen molar-refractivity contribution in [2.24, 2.45) is 0 Å². The van der Waals surface area contributed by atoms with Gasteiger partial charge in [0.25, 0.3) is 5.95 Å². The van der Waals surface area contributed by atoms with Crippen LogP contribution >= 0.6 is 0 Å². The summed E-state index contributed by atoms with van der Waals surface area (Å²) in [6.07, 6.45) is 3.82. The van der Waals surface area contributed by atoms with Gasteiger partial charge in [0.15, 0.2) is 0 Å². The van der Waals surface area contributed by atoms with Gasteiger partial charge in [-0.05, 0) is 18.1 Å². The van der Waals surface area contributed by atoms with Gasteiger partial charge in [-0.25, -0.2) is 0 Å². The number of rotatable bonds is 4. The van der Waals surface area contributed by atoms with Crippen LogP contribution in [0.4, 0.5) is 0 Å². The second-order valence-electron chi connectivity index (χ2n) is 5.00. The lowest BCUT2D eigenvalue weighted by Crippen LogP contribution is -2.07. The van der Waals surface area contributed by atoms with E-state index in [1.165, 1.54) is 11.1 Å². The molecule has 0 aliphatic carbocycles. The second-order valence-corrected chi connectivity index (χ2v) is 5.00. The number of ether oxygens (including phenoxy) is 2. The average molecular weight is 278 g/mol. The van der Waals surface area contributed by atoms with Crippen LogP contribution in [0.25, 0.3) is 5.76 Å². The molecule has 2 aromatic rings. The fourth-order valence-electron chi connectivity index (χ4n) is 2.46. The Bertz CT molecular complexity index is 654. The zero-order valence-corrected chi connectivity index (χ0v) is 12.1. The Labute approximate surface area is 125 Å². The molecule has 106 valence electrons. The number of hydrogen-bond acceptors (Lipinski definition) is 2. The number of hydrogen-bond donors (Lipinski definition) is 0. The van der Waals surface area contributed by atoms with Crippen molar-refractivity contribution in [1.82, 2.24) is 0 Å². The standard InChI is InChI=1S/C19H18O2/c1-20-19-17(14-15-8-4-2-5-9-15)12-13-18(21-19)16-10-6-3-7-11-16/h2-11,13H,12,14H2,1H3. The Morgan fingerprint density at radius 1 is 0.952 bits per heavy atom. The van der Waals surface area contributed by atoms with Crippen molar-refractivity contribution in [3.05, 3.63) is 89.4 Å². The van der Waals surface area contributed by atoms with E-state index in [2.05, 4.69) is 30.3 Å². The fourth-order valence-corrected chi connectivity index (χ4v) is 2.46. The molecule has 1 aliphatic rings. The van der Waals surface area contributed by atoms with Gasteiger partial charge in [0.05, 0.1) is 7.11 Å². The van der Waals surface area contributed by atoms with Gasteiger partial charge in [0.1, 0.15) is 5.76 Å². The van der Waals surface area contributed by atoms with Gasteiger partial charge in [0.2, 0.25) is 0 Å². The molecular weight excluding hydrogens is 260 g/mol. The molecule has 1 aliphatic heterocycles. The summed E-state index contributed by atoms with van der Waals surface area (Å²) < 4.78 is 11.4. The zero-order chi connectivity index (χ0) is 14.5. The average Bonchev–Trinajstić information content (AvgIpc) is 2.57. The molecule has 2 nitrogen and oxygen atoms in total. The summed E-state index contributed by atoms with van der Waals surface area (Å²) in [6, 6.07) is 20.5. The molecule has 1 heterocycles. The van der Waals surface area contributed by atoms with Gasteiger partial charge in [-0.15, -0.1) is 0 Å². The van der Waals surface area contributed by atoms with Crippen LogP contribution in [0.5, 0.6) is 0 Å². The minimum atomic E-state index is 0.625. The molecule has 0 fully saturated rings. The minimum absolute atomic E-state index is 0.625. The van der Waals surface area contributed by atoms with Crippen molar-refractivity contribution in [2.75, 3.05) is 7.11 Å². The first-order valence-electron chi connectivity index (χ1n) is 7.10. The van der Waals surface area contributed by atoms with E-state index in [-0.39, 0.29) is 0 Å². The van der Waals surface area contributed by atoms with Crippen LogP contribution in [0.1, 0.15) is 17.5 Å². The number of allylic oxidation sites excluding steroid dienone is 2. The predicted octanol–water partition coefficient (Wildman–Crippen LogP) is 4.55. The Morgan fingerprint density at radius 2 is 1.62 bits per heavy atom. The molecule has 3 rings (SSSR count). The highest BCUT2D eigenvalue weighted by molar-refractivity contribution is 5.62. The summed E-state index contributed by atoms with van der Waals surface area (Å²) >= 11 is 0. The van der Waals surface area contributed by atoms with Crippen LogP contribution < -0.4 is 0 Å². The van der Waals surface area contributed by atoms with Gasteiger partial charge >= 0.3 is 0 Å². The van der Waals surface area contributed by atoms with Crippen LogP contribution in [0.15, 0.2) is 78.3 Å². The maximum atomic E-state index is 5.92. The molecule has 0 saturated heterocycles. The van der Waals surface area contributed by atoms with E-state index in [0.29, 0.717) is 5.95 Å². The summed E-state index contributed by atoms with van der Waals surface area (Å²) in [4.78, 5) is 0. The van der Waals surface area contributed by atoms with E-state index in [4.69, 9.17) is 9.47 Å². The molecule has 21 heavy (non-hydrogen) atoms. The highest BCUT2D eigenvalue weighted by atomic mass is 16.7. The van der Waals surface area contributed by atoms with Crippen molar-refractivity contribution in [1.29, 1.82) is 0 Å². The molecule has 0 saturated carbocycles. The third-order valence-electron chi connectivity index (χ3n) is 3.53. The van der Waals surface area contributed by atoms with Crippen LogP contribution in [-0.2, 0) is 15.9 Å². The van der Waals surface area contributed by atoms with Gasteiger partial charge in [-0.2, -0.15) is 0 Å². The van der Waals surface area contributed by atoms with E-state index < -0.39 is 0 Å². The maximum absolute atomic E-state index is 5.92. The van der Waals surface area contributed by atoms with Crippen LogP contribution in [0.2, 0.25) is 0 Å². The first-order valence-corrected chi connectivity index (χ1v) is 7.10. The van der Waals surface area contributed by atoms with E-state index >= 15 is 0 Å². The monoisotopic (exact) mass is 278 g/mol. The lowest BCUT2D eigenvalue weighted by atomic mass is 10.0. The third-order valence-corrected chi connectivity index (χ3v) is 3.53. The summed E-state index contributed by atoms with van der Waals surface area (Å²) in [6.45, 7) is 0. The first kappa shape index (κ1) is 13.5. The Balaban J connectivity index is 1.79. The van der Waals surface area contributed by atoms with Crippen LogP contribution in [-0.4, -0.2) is 7.11 Å². The predicted molar refractivity (Wildman–Crippen MR) is 84.3 cm³/mol. The van der Waals surface area contributed by atoms with Gasteiger partial charge in [-0.3, -0.25) is 0 Å². The molecule has 0 aromatic heterocycles. The van der Waals surface area contributed by atoms with Crippen molar-refractivity contribution < 1.29 is 9.47 Å². The number of methoxy groups -OCH3 is 1. The van der Waals surface area contributed by atoms with E-state index in [1.807, 2.05) is 36.4 Å². The molecule has 0 unspecified atom stereocenters. The van der Waals surface area contributed by atoms with Crippen molar-refractivity contribution in [2.45, 2.75) is 12.8 Å². The molecule has 0 N–H and O–H groups in total. The van der Waals surface area contributed by atoms with Crippen LogP contribution in [0.3, 0.4) is 0 Å². The number of benzene rings is 2. The molecule has 0 amide bonds. The van der Waals surface area contributed by atoms with E-state index in [9.17, 15) is 0 Å². The molecular formula is C19H18O2. The summed E-state index contributed by atoms with van der Waals surface area (Å²) in [5, 5.41) is 0. The largest absolute Gasteiger partial charge is 0.468 e. The topological polar surface area (TPSA) is 18.5 Å².